The van der Waals surface area contributed by atoms with E-state index in [2.05, 4.69) is 28.5 Å². The summed E-state index contributed by atoms with van der Waals surface area (Å²) >= 11 is 7.72. The van der Waals surface area contributed by atoms with Crippen LogP contribution in [0.25, 0.3) is 0 Å². The van der Waals surface area contributed by atoms with Crippen molar-refractivity contribution in [2.45, 2.75) is 19.4 Å². The minimum atomic E-state index is 0.326. The minimum absolute atomic E-state index is 0.326. The van der Waals surface area contributed by atoms with Crippen molar-refractivity contribution in [2.24, 2.45) is 0 Å². The summed E-state index contributed by atoms with van der Waals surface area (Å²) < 4.78 is 5.16. The number of hydrogen-bond acceptors (Lipinski definition) is 5. The predicted molar refractivity (Wildman–Crippen MR) is 69.7 cm³/mol. The van der Waals surface area contributed by atoms with Crippen molar-refractivity contribution in [3.63, 3.8) is 0 Å². The summed E-state index contributed by atoms with van der Waals surface area (Å²) in [6.07, 6.45) is 4.58. The van der Waals surface area contributed by atoms with Crippen LogP contribution in [0.1, 0.15) is 13.3 Å². The molecule has 1 unspecified atom stereocenters. The topological polar surface area (TPSA) is 47.0 Å². The van der Waals surface area contributed by atoms with Crippen LogP contribution in [0.15, 0.2) is 6.33 Å². The second-order valence-electron chi connectivity index (χ2n) is 3.37. The van der Waals surface area contributed by atoms with E-state index in [1.165, 1.54) is 6.33 Å². The number of nitrogens with zero attached hydrogens (tertiary/aromatic N) is 2. The highest BCUT2D eigenvalue weighted by molar-refractivity contribution is 7.98. The van der Waals surface area contributed by atoms with E-state index in [4.69, 9.17) is 16.3 Å². The molecule has 0 spiro atoms. The van der Waals surface area contributed by atoms with Crippen molar-refractivity contribution in [1.29, 1.82) is 0 Å². The summed E-state index contributed by atoms with van der Waals surface area (Å²) in [5, 5.41) is 3.59. The molecule has 0 radical (unpaired) electrons. The fourth-order valence-corrected chi connectivity index (χ4v) is 2.04. The van der Waals surface area contributed by atoms with Gasteiger partial charge in [0.2, 0.25) is 0 Å². The van der Waals surface area contributed by atoms with E-state index < -0.39 is 0 Å². The number of aromatic nitrogens is 2. The Morgan fingerprint density at radius 1 is 1.56 bits per heavy atom. The quantitative estimate of drug-likeness (QED) is 0.798. The standard InChI is InChI=1S/C10H16ClN3OS/c1-7(4-5-16-3)14-10-8(15-2)9(11)12-6-13-10/h6-7H,4-5H2,1-3H3,(H,12,13,14). The van der Waals surface area contributed by atoms with Gasteiger partial charge in [-0.25, -0.2) is 9.97 Å². The summed E-state index contributed by atoms with van der Waals surface area (Å²) in [6, 6.07) is 0.326. The van der Waals surface area contributed by atoms with Crippen LogP contribution in [-0.2, 0) is 0 Å². The van der Waals surface area contributed by atoms with Gasteiger partial charge < -0.3 is 10.1 Å². The molecule has 1 aromatic heterocycles. The first-order chi connectivity index (χ1) is 7.69. The first kappa shape index (κ1) is 13.4. The molecule has 1 N–H and O–H groups in total. The Hall–Kier alpha value is -0.680. The highest BCUT2D eigenvalue weighted by Gasteiger charge is 2.12. The fraction of sp³-hybridized carbons (Fsp3) is 0.600. The number of halogens is 1. The molecule has 1 heterocycles. The van der Waals surface area contributed by atoms with Gasteiger partial charge in [-0.3, -0.25) is 0 Å². The lowest BCUT2D eigenvalue weighted by Gasteiger charge is -2.16. The van der Waals surface area contributed by atoms with Crippen LogP contribution in [-0.4, -0.2) is 35.1 Å². The molecule has 90 valence electrons. The monoisotopic (exact) mass is 261 g/mol. The van der Waals surface area contributed by atoms with Gasteiger partial charge in [-0.1, -0.05) is 11.6 Å². The van der Waals surface area contributed by atoms with Crippen LogP contribution in [0, 0.1) is 0 Å². The second-order valence-corrected chi connectivity index (χ2v) is 4.72. The second kappa shape index (κ2) is 6.81. The molecule has 0 bridgehead atoms. The van der Waals surface area contributed by atoms with Crippen molar-refractivity contribution in [1.82, 2.24) is 9.97 Å². The average Bonchev–Trinajstić information content (AvgIpc) is 2.27. The summed E-state index contributed by atoms with van der Waals surface area (Å²) in [5.41, 5.74) is 0. The average molecular weight is 262 g/mol. The highest BCUT2D eigenvalue weighted by atomic mass is 35.5. The van der Waals surface area contributed by atoms with Gasteiger partial charge in [0.1, 0.15) is 6.33 Å². The maximum atomic E-state index is 5.90. The van der Waals surface area contributed by atoms with Gasteiger partial charge in [0.15, 0.2) is 16.7 Å². The van der Waals surface area contributed by atoms with Crippen molar-refractivity contribution >= 4 is 29.2 Å². The summed E-state index contributed by atoms with van der Waals surface area (Å²) in [6.45, 7) is 2.10. The summed E-state index contributed by atoms with van der Waals surface area (Å²) in [4.78, 5) is 7.99. The van der Waals surface area contributed by atoms with E-state index in [1.54, 1.807) is 7.11 Å². The van der Waals surface area contributed by atoms with Gasteiger partial charge >= 0.3 is 0 Å². The SMILES string of the molecule is COc1c(Cl)ncnc1NC(C)CCSC. The van der Waals surface area contributed by atoms with Gasteiger partial charge in [0.25, 0.3) is 0 Å². The number of hydrogen-bond donors (Lipinski definition) is 1. The highest BCUT2D eigenvalue weighted by Crippen LogP contribution is 2.28. The zero-order valence-corrected chi connectivity index (χ0v) is 11.2. The van der Waals surface area contributed by atoms with Gasteiger partial charge in [0, 0.05) is 6.04 Å². The Morgan fingerprint density at radius 2 is 2.31 bits per heavy atom. The predicted octanol–water partition coefficient (Wildman–Crippen LogP) is 2.69. The van der Waals surface area contributed by atoms with E-state index in [1.807, 2.05) is 11.8 Å². The Balaban J connectivity index is 2.69. The molecular weight excluding hydrogens is 246 g/mol. The first-order valence-corrected chi connectivity index (χ1v) is 6.76. The van der Waals surface area contributed by atoms with Gasteiger partial charge in [0.05, 0.1) is 7.11 Å². The number of ether oxygens (including phenoxy) is 1. The molecule has 6 heteroatoms. The normalized spacial score (nSPS) is 12.2. The number of nitrogens with one attached hydrogen (secondary N) is 1. The molecule has 1 aromatic rings. The van der Waals surface area contributed by atoms with Crippen LogP contribution < -0.4 is 10.1 Å². The Labute approximate surface area is 105 Å². The van der Waals surface area contributed by atoms with Crippen molar-refractivity contribution in [3.8, 4) is 5.75 Å². The lowest BCUT2D eigenvalue weighted by molar-refractivity contribution is 0.412. The Morgan fingerprint density at radius 3 is 2.94 bits per heavy atom. The lowest BCUT2D eigenvalue weighted by atomic mass is 10.2. The number of anilines is 1. The number of thioether (sulfide) groups is 1. The van der Waals surface area contributed by atoms with Gasteiger partial charge in [-0.05, 0) is 25.4 Å². The molecule has 0 aliphatic heterocycles. The molecular formula is C10H16ClN3OS. The summed E-state index contributed by atoms with van der Waals surface area (Å²) in [5.74, 6) is 2.26. The zero-order chi connectivity index (χ0) is 12.0. The van der Waals surface area contributed by atoms with Crippen LogP contribution in [0.3, 0.4) is 0 Å². The zero-order valence-electron chi connectivity index (χ0n) is 9.66. The van der Waals surface area contributed by atoms with Gasteiger partial charge in [-0.15, -0.1) is 0 Å². The molecule has 4 nitrogen and oxygen atoms in total. The third-order valence-corrected chi connectivity index (χ3v) is 3.02. The number of methoxy groups -OCH3 is 1. The third kappa shape index (κ3) is 3.72. The van der Waals surface area contributed by atoms with Gasteiger partial charge in [-0.2, -0.15) is 11.8 Å². The molecule has 0 saturated heterocycles. The van der Waals surface area contributed by atoms with E-state index in [0.29, 0.717) is 22.8 Å². The summed E-state index contributed by atoms with van der Waals surface area (Å²) in [7, 11) is 1.56. The first-order valence-electron chi connectivity index (χ1n) is 4.99. The van der Waals surface area contributed by atoms with E-state index in [9.17, 15) is 0 Å². The van der Waals surface area contributed by atoms with Crippen LogP contribution in [0.4, 0.5) is 5.82 Å². The van der Waals surface area contributed by atoms with Crippen LogP contribution >= 0.6 is 23.4 Å². The molecule has 0 aromatic carbocycles. The smallest absolute Gasteiger partial charge is 0.198 e. The molecule has 0 fully saturated rings. The minimum Gasteiger partial charge on any atom is -0.490 e. The van der Waals surface area contributed by atoms with E-state index in [0.717, 1.165) is 12.2 Å². The van der Waals surface area contributed by atoms with Crippen molar-refractivity contribution in [2.75, 3.05) is 24.4 Å². The third-order valence-electron chi connectivity index (χ3n) is 2.10. The van der Waals surface area contributed by atoms with E-state index in [-0.39, 0.29) is 0 Å². The maximum Gasteiger partial charge on any atom is 0.198 e. The molecule has 16 heavy (non-hydrogen) atoms. The molecule has 0 aliphatic carbocycles. The molecule has 0 aliphatic rings. The van der Waals surface area contributed by atoms with Crippen LogP contribution in [0.5, 0.6) is 5.75 Å². The lowest BCUT2D eigenvalue weighted by Crippen LogP contribution is -2.17. The Bertz CT molecular complexity index is 338. The fourth-order valence-electron chi connectivity index (χ4n) is 1.24. The van der Waals surface area contributed by atoms with E-state index >= 15 is 0 Å². The Kier molecular flexibility index (Phi) is 5.69. The molecule has 0 saturated carbocycles. The number of rotatable bonds is 6. The maximum absolute atomic E-state index is 5.90. The van der Waals surface area contributed by atoms with Crippen molar-refractivity contribution < 1.29 is 4.74 Å². The molecule has 0 amide bonds. The largest absolute Gasteiger partial charge is 0.490 e. The molecule has 1 rings (SSSR count). The van der Waals surface area contributed by atoms with Crippen molar-refractivity contribution in [3.05, 3.63) is 11.5 Å². The van der Waals surface area contributed by atoms with Crippen LogP contribution in [0.2, 0.25) is 5.15 Å². The molecule has 1 atom stereocenters.